The normalized spacial score (nSPS) is 12.1. The number of anilines is 1. The van der Waals surface area contributed by atoms with Crippen LogP contribution in [0.4, 0.5) is 5.95 Å². The molecule has 2 N–H and O–H groups in total. The predicted octanol–water partition coefficient (Wildman–Crippen LogP) is 4.63. The lowest BCUT2D eigenvalue weighted by molar-refractivity contribution is -0.115. The molecule has 0 aliphatic heterocycles. The summed E-state index contributed by atoms with van der Waals surface area (Å²) in [5.41, 5.74) is 4.01. The number of hydrogen-bond donors (Lipinski definition) is 2. The Labute approximate surface area is 194 Å². The number of carbonyl (C=O) groups is 1. The highest BCUT2D eigenvalue weighted by atomic mass is 32.2. The van der Waals surface area contributed by atoms with Crippen LogP contribution < -0.4 is 5.32 Å². The third-order valence-electron chi connectivity index (χ3n) is 5.27. The van der Waals surface area contributed by atoms with E-state index in [2.05, 4.69) is 36.5 Å². The molecule has 3 aromatic heterocycles. The lowest BCUT2D eigenvalue weighted by atomic mass is 10.1. The first kappa shape index (κ1) is 20.9. The Bertz CT molecular complexity index is 1430. The molecule has 5 aromatic rings. The highest BCUT2D eigenvalue weighted by molar-refractivity contribution is 8.00. The van der Waals surface area contributed by atoms with Gasteiger partial charge >= 0.3 is 0 Å². The van der Waals surface area contributed by atoms with E-state index >= 15 is 0 Å². The maximum absolute atomic E-state index is 12.8. The van der Waals surface area contributed by atoms with Crippen LogP contribution in [0.25, 0.3) is 28.0 Å². The van der Waals surface area contributed by atoms with Crippen molar-refractivity contribution in [1.82, 2.24) is 29.7 Å². The maximum Gasteiger partial charge on any atom is 0.240 e. The molecule has 2 aromatic carbocycles. The number of benzene rings is 2. The van der Waals surface area contributed by atoms with Crippen LogP contribution >= 0.6 is 11.8 Å². The molecule has 0 spiro atoms. The monoisotopic (exact) mass is 455 g/mol. The van der Waals surface area contributed by atoms with Crippen molar-refractivity contribution in [3.05, 3.63) is 78.8 Å². The zero-order valence-electron chi connectivity index (χ0n) is 18.1. The summed E-state index contributed by atoms with van der Waals surface area (Å²) >= 11 is 1.34. The fourth-order valence-electron chi connectivity index (χ4n) is 3.60. The van der Waals surface area contributed by atoms with E-state index < -0.39 is 5.25 Å². The first-order chi connectivity index (χ1) is 16.1. The van der Waals surface area contributed by atoms with E-state index in [1.165, 1.54) is 11.8 Å². The van der Waals surface area contributed by atoms with Gasteiger partial charge in [0.25, 0.3) is 0 Å². The summed E-state index contributed by atoms with van der Waals surface area (Å²) in [4.78, 5) is 24.2. The summed E-state index contributed by atoms with van der Waals surface area (Å²) in [6.45, 7) is 3.87. The smallest absolute Gasteiger partial charge is 0.240 e. The molecule has 0 radical (unpaired) electrons. The number of hydrogen-bond acceptors (Lipinski definition) is 6. The Morgan fingerprint density at radius 1 is 1.03 bits per heavy atom. The quantitative estimate of drug-likeness (QED) is 0.362. The van der Waals surface area contributed by atoms with Gasteiger partial charge in [0.15, 0.2) is 11.0 Å². The first-order valence-corrected chi connectivity index (χ1v) is 11.3. The number of aromatic nitrogens is 6. The standard InChI is InChI=1S/C24H21N7OS/c1-15-8-3-6-11-20(15)31-21(18-14-27-19-10-5-4-9-17(18)19)29-30-24(31)33-16(2)22(32)28-23-25-12-7-13-26-23/h3-14,16,27H,1-2H3,(H,25,26,28,32). The molecule has 3 heterocycles. The molecule has 0 aliphatic carbocycles. The topological polar surface area (TPSA) is 101 Å². The average Bonchev–Trinajstić information content (AvgIpc) is 3.44. The number of aromatic amines is 1. The largest absolute Gasteiger partial charge is 0.360 e. The van der Waals surface area contributed by atoms with Gasteiger partial charge < -0.3 is 4.98 Å². The number of nitrogens with one attached hydrogen (secondary N) is 2. The Balaban J connectivity index is 1.54. The van der Waals surface area contributed by atoms with Crippen LogP contribution in [0.5, 0.6) is 0 Å². The summed E-state index contributed by atoms with van der Waals surface area (Å²) in [6.07, 6.45) is 5.12. The zero-order valence-corrected chi connectivity index (χ0v) is 18.9. The molecule has 164 valence electrons. The van der Waals surface area contributed by atoms with Gasteiger partial charge in [0.2, 0.25) is 11.9 Å². The van der Waals surface area contributed by atoms with Gasteiger partial charge in [-0.25, -0.2) is 9.97 Å². The molecule has 8 nitrogen and oxygen atoms in total. The third kappa shape index (κ3) is 4.10. The molecule has 1 unspecified atom stereocenters. The van der Waals surface area contributed by atoms with Crippen molar-refractivity contribution in [2.75, 3.05) is 5.32 Å². The summed E-state index contributed by atoms with van der Waals surface area (Å²) in [5.74, 6) is 0.775. The van der Waals surface area contributed by atoms with Crippen molar-refractivity contribution in [2.45, 2.75) is 24.3 Å². The molecule has 1 amide bonds. The van der Waals surface area contributed by atoms with Crippen molar-refractivity contribution in [3.63, 3.8) is 0 Å². The Kier molecular flexibility index (Phi) is 5.62. The van der Waals surface area contributed by atoms with Crippen LogP contribution in [0.1, 0.15) is 12.5 Å². The zero-order chi connectivity index (χ0) is 22.8. The van der Waals surface area contributed by atoms with E-state index in [0.717, 1.165) is 27.7 Å². The van der Waals surface area contributed by atoms with Crippen LogP contribution in [0.15, 0.2) is 78.3 Å². The fourth-order valence-corrected chi connectivity index (χ4v) is 4.46. The highest BCUT2D eigenvalue weighted by Crippen LogP contribution is 2.34. The second kappa shape index (κ2) is 8.87. The summed E-state index contributed by atoms with van der Waals surface area (Å²) in [7, 11) is 0. The number of amides is 1. The van der Waals surface area contributed by atoms with Crippen LogP contribution in [0, 0.1) is 6.92 Å². The lowest BCUT2D eigenvalue weighted by Gasteiger charge is -2.15. The van der Waals surface area contributed by atoms with E-state index in [1.807, 2.05) is 67.1 Å². The Morgan fingerprint density at radius 3 is 2.61 bits per heavy atom. The Hall–Kier alpha value is -3.98. The summed E-state index contributed by atoms with van der Waals surface area (Å²) in [5, 5.41) is 13.0. The number of thioether (sulfide) groups is 1. The van der Waals surface area contributed by atoms with E-state index in [-0.39, 0.29) is 11.9 Å². The molecule has 33 heavy (non-hydrogen) atoms. The van der Waals surface area contributed by atoms with Gasteiger partial charge in [0.05, 0.1) is 10.9 Å². The predicted molar refractivity (Wildman–Crippen MR) is 129 cm³/mol. The Morgan fingerprint density at radius 2 is 1.79 bits per heavy atom. The van der Waals surface area contributed by atoms with Crippen molar-refractivity contribution < 1.29 is 4.79 Å². The molecule has 0 saturated heterocycles. The van der Waals surface area contributed by atoms with E-state index in [1.54, 1.807) is 18.5 Å². The van der Waals surface area contributed by atoms with Crippen molar-refractivity contribution >= 4 is 34.5 Å². The fraction of sp³-hybridized carbons (Fsp3) is 0.125. The van der Waals surface area contributed by atoms with Gasteiger partial charge in [0, 0.05) is 35.1 Å². The molecular formula is C24H21N7OS. The minimum atomic E-state index is -0.448. The SMILES string of the molecule is Cc1ccccc1-n1c(SC(C)C(=O)Nc2ncccn2)nnc1-c1c[nH]c2ccccc12. The lowest BCUT2D eigenvalue weighted by Crippen LogP contribution is -2.24. The second-order valence-electron chi connectivity index (χ2n) is 7.50. The summed E-state index contributed by atoms with van der Waals surface area (Å²) < 4.78 is 2.01. The molecule has 0 bridgehead atoms. The number of carbonyl (C=O) groups excluding carboxylic acids is 1. The molecule has 0 aliphatic rings. The van der Waals surface area contributed by atoms with Crippen molar-refractivity contribution in [2.24, 2.45) is 0 Å². The van der Waals surface area contributed by atoms with Gasteiger partial charge in [-0.3, -0.25) is 14.7 Å². The van der Waals surface area contributed by atoms with Crippen LogP contribution in [0.2, 0.25) is 0 Å². The number of rotatable bonds is 6. The molecule has 1 atom stereocenters. The van der Waals surface area contributed by atoms with Crippen molar-refractivity contribution in [3.8, 4) is 17.1 Å². The molecular weight excluding hydrogens is 434 g/mol. The molecule has 5 rings (SSSR count). The average molecular weight is 456 g/mol. The minimum absolute atomic E-state index is 0.209. The highest BCUT2D eigenvalue weighted by Gasteiger charge is 2.24. The summed E-state index contributed by atoms with van der Waals surface area (Å²) in [6, 6.07) is 17.8. The van der Waals surface area contributed by atoms with Gasteiger partial charge in [0.1, 0.15) is 0 Å². The van der Waals surface area contributed by atoms with E-state index in [4.69, 9.17) is 0 Å². The van der Waals surface area contributed by atoms with Crippen molar-refractivity contribution in [1.29, 1.82) is 0 Å². The number of fused-ring (bicyclic) bond motifs is 1. The third-order valence-corrected chi connectivity index (χ3v) is 6.31. The van der Waals surface area contributed by atoms with Crippen LogP contribution in [-0.4, -0.2) is 40.9 Å². The number of nitrogens with zero attached hydrogens (tertiary/aromatic N) is 5. The van der Waals surface area contributed by atoms with Gasteiger partial charge in [-0.2, -0.15) is 0 Å². The second-order valence-corrected chi connectivity index (χ2v) is 8.81. The maximum atomic E-state index is 12.8. The molecule has 0 fully saturated rings. The van der Waals surface area contributed by atoms with E-state index in [9.17, 15) is 4.79 Å². The van der Waals surface area contributed by atoms with Crippen LogP contribution in [-0.2, 0) is 4.79 Å². The number of para-hydroxylation sites is 2. The minimum Gasteiger partial charge on any atom is -0.360 e. The van der Waals surface area contributed by atoms with E-state index in [0.29, 0.717) is 11.0 Å². The molecule has 9 heteroatoms. The number of aryl methyl sites for hydroxylation is 1. The van der Waals surface area contributed by atoms with Crippen LogP contribution in [0.3, 0.4) is 0 Å². The van der Waals surface area contributed by atoms with Gasteiger partial charge in [-0.05, 0) is 37.6 Å². The van der Waals surface area contributed by atoms with Gasteiger partial charge in [-0.1, -0.05) is 48.2 Å². The van der Waals surface area contributed by atoms with Gasteiger partial charge in [-0.15, -0.1) is 10.2 Å². The number of H-pyrrole nitrogens is 1. The first-order valence-electron chi connectivity index (χ1n) is 10.4. The molecule has 0 saturated carbocycles.